The zero-order valence-corrected chi connectivity index (χ0v) is 18.3. The Morgan fingerprint density at radius 1 is 1.25 bits per heavy atom. The quantitative estimate of drug-likeness (QED) is 0.638. The fourth-order valence-corrected chi connectivity index (χ4v) is 3.84. The molecule has 6 nitrogen and oxygen atoms in total. The highest BCUT2D eigenvalue weighted by molar-refractivity contribution is 9.10. The fourth-order valence-electron chi connectivity index (χ4n) is 2.79. The predicted octanol–water partition coefficient (Wildman–Crippen LogP) is 4.07. The first-order chi connectivity index (χ1) is 13.5. The number of amides is 1. The van der Waals surface area contributed by atoms with Crippen LogP contribution >= 0.6 is 39.7 Å². The van der Waals surface area contributed by atoms with Crippen LogP contribution in [-0.4, -0.2) is 44.4 Å². The van der Waals surface area contributed by atoms with E-state index >= 15 is 0 Å². The van der Waals surface area contributed by atoms with Crippen molar-refractivity contribution in [3.05, 3.63) is 51.5 Å². The molecule has 0 unspecified atom stereocenters. The fraction of sp³-hybridized carbons (Fsp3) is 0.263. The van der Waals surface area contributed by atoms with Crippen molar-refractivity contribution < 1.29 is 14.3 Å². The molecule has 1 aliphatic rings. The van der Waals surface area contributed by atoms with Crippen LogP contribution in [0.4, 0.5) is 11.4 Å². The van der Waals surface area contributed by atoms with Crippen LogP contribution in [0.2, 0.25) is 5.02 Å². The van der Waals surface area contributed by atoms with Crippen molar-refractivity contribution in [2.24, 2.45) is 0 Å². The number of nitrogens with one attached hydrogen (secondary N) is 2. The first-order valence-electron chi connectivity index (χ1n) is 8.56. The number of halogens is 2. The van der Waals surface area contributed by atoms with Gasteiger partial charge in [0.05, 0.1) is 35.5 Å². The third kappa shape index (κ3) is 5.14. The maximum Gasteiger partial charge on any atom is 0.257 e. The number of morpholine rings is 1. The molecule has 0 aliphatic carbocycles. The first-order valence-corrected chi connectivity index (χ1v) is 10.1. The second-order valence-corrected chi connectivity index (χ2v) is 7.69. The van der Waals surface area contributed by atoms with Gasteiger partial charge in [-0.3, -0.25) is 10.1 Å². The van der Waals surface area contributed by atoms with Crippen molar-refractivity contribution >= 4 is 62.1 Å². The molecular weight excluding hydrogens is 466 g/mol. The van der Waals surface area contributed by atoms with Gasteiger partial charge in [0.2, 0.25) is 0 Å². The van der Waals surface area contributed by atoms with E-state index in [1.54, 1.807) is 31.4 Å². The summed E-state index contributed by atoms with van der Waals surface area (Å²) in [6.07, 6.45) is 0. The van der Waals surface area contributed by atoms with Crippen LogP contribution in [0.15, 0.2) is 40.9 Å². The maximum absolute atomic E-state index is 12.4. The first kappa shape index (κ1) is 20.9. The van der Waals surface area contributed by atoms with E-state index < -0.39 is 0 Å². The van der Waals surface area contributed by atoms with E-state index in [1.807, 2.05) is 12.1 Å². The van der Waals surface area contributed by atoms with Crippen molar-refractivity contribution in [3.8, 4) is 5.75 Å². The van der Waals surface area contributed by atoms with Gasteiger partial charge in [0, 0.05) is 24.3 Å². The Morgan fingerprint density at radius 2 is 2.00 bits per heavy atom. The zero-order chi connectivity index (χ0) is 20.1. The zero-order valence-electron chi connectivity index (χ0n) is 15.1. The molecule has 2 aromatic rings. The van der Waals surface area contributed by atoms with Crippen molar-refractivity contribution in [2.75, 3.05) is 43.6 Å². The minimum Gasteiger partial charge on any atom is -0.496 e. The van der Waals surface area contributed by atoms with Crippen LogP contribution < -0.4 is 20.3 Å². The van der Waals surface area contributed by atoms with Gasteiger partial charge in [-0.25, -0.2) is 0 Å². The van der Waals surface area contributed by atoms with Gasteiger partial charge in [-0.2, -0.15) is 0 Å². The Hall–Kier alpha value is -1.87. The number of benzene rings is 2. The Kier molecular flexibility index (Phi) is 7.12. The molecule has 0 spiro atoms. The van der Waals surface area contributed by atoms with Gasteiger partial charge in [-0.15, -0.1) is 0 Å². The summed E-state index contributed by atoms with van der Waals surface area (Å²) in [5.74, 6) is 0.323. The second kappa shape index (κ2) is 9.56. The standard InChI is InChI=1S/C19H19BrClN3O3S/c1-26-17-5-2-12(10-14(17)20)18(25)23-19(28)22-13-3-4-16(15(21)11-13)24-6-8-27-9-7-24/h2-5,10-11H,6-9H2,1H3,(H2,22,23,25,28). The molecule has 9 heteroatoms. The average molecular weight is 485 g/mol. The van der Waals surface area contributed by atoms with Gasteiger partial charge in [-0.1, -0.05) is 11.6 Å². The number of nitrogens with zero attached hydrogens (tertiary/aromatic N) is 1. The summed E-state index contributed by atoms with van der Waals surface area (Å²) in [6.45, 7) is 2.98. The highest BCUT2D eigenvalue weighted by Crippen LogP contribution is 2.29. The van der Waals surface area contributed by atoms with Crippen LogP contribution in [0.5, 0.6) is 5.75 Å². The lowest BCUT2D eigenvalue weighted by Crippen LogP contribution is -2.36. The molecule has 148 valence electrons. The van der Waals surface area contributed by atoms with Crippen molar-refractivity contribution in [1.29, 1.82) is 0 Å². The van der Waals surface area contributed by atoms with Crippen LogP contribution in [0, 0.1) is 0 Å². The van der Waals surface area contributed by atoms with Crippen molar-refractivity contribution in [1.82, 2.24) is 5.32 Å². The Balaban J connectivity index is 1.62. The molecular formula is C19H19BrClN3O3S. The van der Waals surface area contributed by atoms with E-state index in [4.69, 9.17) is 33.3 Å². The van der Waals surface area contributed by atoms with E-state index in [1.165, 1.54) is 0 Å². The van der Waals surface area contributed by atoms with E-state index in [2.05, 4.69) is 31.5 Å². The summed E-state index contributed by atoms with van der Waals surface area (Å²) in [4.78, 5) is 14.6. The lowest BCUT2D eigenvalue weighted by Gasteiger charge is -2.29. The van der Waals surface area contributed by atoms with Gasteiger partial charge < -0.3 is 19.7 Å². The Labute approximate surface area is 182 Å². The van der Waals surface area contributed by atoms with Gasteiger partial charge in [0.15, 0.2) is 5.11 Å². The summed E-state index contributed by atoms with van der Waals surface area (Å²) >= 11 is 15.0. The number of ether oxygens (including phenoxy) is 2. The molecule has 0 bridgehead atoms. The third-order valence-corrected chi connectivity index (χ3v) is 5.32. The number of hydrogen-bond acceptors (Lipinski definition) is 5. The minimum atomic E-state index is -0.322. The molecule has 1 aliphatic heterocycles. The van der Waals surface area contributed by atoms with Gasteiger partial charge in [0.1, 0.15) is 5.75 Å². The molecule has 0 atom stereocenters. The Morgan fingerprint density at radius 3 is 2.64 bits per heavy atom. The van der Waals surface area contributed by atoms with Crippen LogP contribution in [0.1, 0.15) is 10.4 Å². The molecule has 0 saturated carbocycles. The van der Waals surface area contributed by atoms with Crippen LogP contribution in [0.3, 0.4) is 0 Å². The number of carbonyl (C=O) groups is 1. The lowest BCUT2D eigenvalue weighted by atomic mass is 10.2. The molecule has 3 rings (SSSR count). The molecule has 1 heterocycles. The molecule has 0 aromatic heterocycles. The van der Waals surface area contributed by atoms with Crippen molar-refractivity contribution in [3.63, 3.8) is 0 Å². The predicted molar refractivity (Wildman–Crippen MR) is 119 cm³/mol. The molecule has 1 fully saturated rings. The van der Waals surface area contributed by atoms with Crippen LogP contribution in [0.25, 0.3) is 0 Å². The maximum atomic E-state index is 12.4. The van der Waals surface area contributed by atoms with Gasteiger partial charge in [0.25, 0.3) is 5.91 Å². The smallest absolute Gasteiger partial charge is 0.257 e. The lowest BCUT2D eigenvalue weighted by molar-refractivity contribution is 0.0977. The second-order valence-electron chi connectivity index (χ2n) is 6.02. The number of thiocarbonyl (C=S) groups is 1. The normalized spacial score (nSPS) is 13.8. The average Bonchev–Trinajstić information content (AvgIpc) is 2.68. The molecule has 2 N–H and O–H groups in total. The largest absolute Gasteiger partial charge is 0.496 e. The SMILES string of the molecule is COc1ccc(C(=O)NC(=S)Nc2ccc(N3CCOCC3)c(Cl)c2)cc1Br. The highest BCUT2D eigenvalue weighted by atomic mass is 79.9. The van der Waals surface area contributed by atoms with Crippen LogP contribution in [-0.2, 0) is 4.74 Å². The summed E-state index contributed by atoms with van der Waals surface area (Å²) in [6, 6.07) is 10.6. The van der Waals surface area contributed by atoms with E-state index in [0.29, 0.717) is 39.7 Å². The van der Waals surface area contributed by atoms with E-state index in [9.17, 15) is 4.79 Å². The van der Waals surface area contributed by atoms with E-state index in [-0.39, 0.29) is 11.0 Å². The summed E-state index contributed by atoms with van der Waals surface area (Å²) < 4.78 is 11.2. The Bertz CT molecular complexity index is 891. The summed E-state index contributed by atoms with van der Waals surface area (Å²) in [7, 11) is 1.56. The highest BCUT2D eigenvalue weighted by Gasteiger charge is 2.15. The minimum absolute atomic E-state index is 0.187. The molecule has 1 amide bonds. The summed E-state index contributed by atoms with van der Waals surface area (Å²) in [5.41, 5.74) is 2.11. The molecule has 0 radical (unpaired) electrons. The molecule has 2 aromatic carbocycles. The summed E-state index contributed by atoms with van der Waals surface area (Å²) in [5, 5.41) is 6.44. The topological polar surface area (TPSA) is 62.8 Å². The number of hydrogen-bond donors (Lipinski definition) is 2. The van der Waals surface area contributed by atoms with Gasteiger partial charge in [-0.05, 0) is 64.5 Å². The number of rotatable bonds is 4. The van der Waals surface area contributed by atoms with E-state index in [0.717, 1.165) is 18.8 Å². The monoisotopic (exact) mass is 483 g/mol. The molecule has 1 saturated heterocycles. The molecule has 28 heavy (non-hydrogen) atoms. The van der Waals surface area contributed by atoms with Gasteiger partial charge >= 0.3 is 0 Å². The number of methoxy groups -OCH3 is 1. The number of anilines is 2. The number of carbonyl (C=O) groups excluding carboxylic acids is 1. The third-order valence-electron chi connectivity index (χ3n) is 4.20. The van der Waals surface area contributed by atoms with Crippen molar-refractivity contribution in [2.45, 2.75) is 0 Å².